The van der Waals surface area contributed by atoms with E-state index in [0.717, 1.165) is 17.7 Å². The van der Waals surface area contributed by atoms with Crippen LogP contribution in [0.4, 0.5) is 0 Å². The zero-order valence-corrected chi connectivity index (χ0v) is 5.96. The molecule has 0 unspecified atom stereocenters. The molecule has 0 fully saturated rings. The largest absolute Gasteiger partial charge is 0.248 e. The minimum atomic E-state index is 0.769. The van der Waals surface area contributed by atoms with Gasteiger partial charge in [-0.05, 0) is 24.0 Å². The normalized spacial score (nSPS) is 8.80. The highest BCUT2D eigenvalue weighted by Gasteiger charge is 1.94. The highest BCUT2D eigenvalue weighted by Crippen LogP contribution is 2.03. The summed E-state index contributed by atoms with van der Waals surface area (Å²) in [6.45, 7) is 2.07. The Labute approximate surface area is 61.1 Å². The Morgan fingerprint density at radius 3 is 3.00 bits per heavy atom. The van der Waals surface area contributed by atoms with E-state index >= 15 is 0 Å². The monoisotopic (exact) mass is 131 g/mol. The van der Waals surface area contributed by atoms with E-state index in [9.17, 15) is 0 Å². The van der Waals surface area contributed by atoms with E-state index in [2.05, 4.69) is 17.8 Å². The standard InChI is InChI=1S/C9H9N/c1-3-8-6-5-7-10-9(8)4-2/h2,5-7H,3H2,1H3. The van der Waals surface area contributed by atoms with Crippen molar-refractivity contribution in [3.8, 4) is 12.3 Å². The molecule has 0 saturated carbocycles. The Morgan fingerprint density at radius 1 is 1.70 bits per heavy atom. The minimum absolute atomic E-state index is 0.769. The van der Waals surface area contributed by atoms with Crippen LogP contribution >= 0.6 is 0 Å². The molecule has 0 bridgehead atoms. The van der Waals surface area contributed by atoms with Crippen LogP contribution in [0.5, 0.6) is 0 Å². The number of rotatable bonds is 1. The number of aryl methyl sites for hydroxylation is 1. The van der Waals surface area contributed by atoms with Crippen molar-refractivity contribution in [1.82, 2.24) is 4.98 Å². The summed E-state index contributed by atoms with van der Waals surface area (Å²) in [6.07, 6.45) is 7.88. The zero-order chi connectivity index (χ0) is 7.40. The Hall–Kier alpha value is -1.29. The summed E-state index contributed by atoms with van der Waals surface area (Å²) in [4.78, 5) is 4.03. The fourth-order valence-corrected chi connectivity index (χ4v) is 0.854. The van der Waals surface area contributed by atoms with Crippen LogP contribution in [0, 0.1) is 12.3 Å². The lowest BCUT2D eigenvalue weighted by Crippen LogP contribution is -1.89. The molecule has 1 nitrogen and oxygen atoms in total. The molecule has 0 N–H and O–H groups in total. The highest BCUT2D eigenvalue weighted by atomic mass is 14.7. The molecule has 0 aliphatic carbocycles. The molecule has 0 aliphatic rings. The maximum absolute atomic E-state index is 5.21. The third-order valence-electron chi connectivity index (χ3n) is 1.41. The van der Waals surface area contributed by atoms with E-state index in [1.165, 1.54) is 0 Å². The van der Waals surface area contributed by atoms with Crippen LogP contribution in [0.2, 0.25) is 0 Å². The van der Waals surface area contributed by atoms with Gasteiger partial charge in [-0.2, -0.15) is 0 Å². The molecule has 0 atom stereocenters. The van der Waals surface area contributed by atoms with E-state index < -0.39 is 0 Å². The molecule has 1 rings (SSSR count). The van der Waals surface area contributed by atoms with Crippen molar-refractivity contribution < 1.29 is 0 Å². The lowest BCUT2D eigenvalue weighted by molar-refractivity contribution is 1.09. The molecule has 0 radical (unpaired) electrons. The van der Waals surface area contributed by atoms with Crippen LogP contribution in [0.15, 0.2) is 18.3 Å². The molecule has 0 saturated heterocycles. The lowest BCUT2D eigenvalue weighted by atomic mass is 10.1. The Kier molecular flexibility index (Phi) is 2.07. The van der Waals surface area contributed by atoms with Gasteiger partial charge in [0.1, 0.15) is 5.69 Å². The van der Waals surface area contributed by atoms with E-state index in [1.807, 2.05) is 12.1 Å². The molecule has 1 aromatic heterocycles. The third kappa shape index (κ3) is 1.16. The van der Waals surface area contributed by atoms with Gasteiger partial charge in [-0.1, -0.05) is 13.0 Å². The minimum Gasteiger partial charge on any atom is -0.248 e. The highest BCUT2D eigenvalue weighted by molar-refractivity contribution is 5.32. The summed E-state index contributed by atoms with van der Waals surface area (Å²) in [6, 6.07) is 3.90. The van der Waals surface area contributed by atoms with Gasteiger partial charge in [-0.25, -0.2) is 4.98 Å². The average molecular weight is 131 g/mol. The molecule has 1 heterocycles. The van der Waals surface area contributed by atoms with Crippen LogP contribution in [0.3, 0.4) is 0 Å². The molecule has 1 aromatic rings. The quantitative estimate of drug-likeness (QED) is 0.528. The van der Waals surface area contributed by atoms with Gasteiger partial charge in [-0.3, -0.25) is 0 Å². The Morgan fingerprint density at radius 2 is 2.50 bits per heavy atom. The molecule has 50 valence electrons. The van der Waals surface area contributed by atoms with Crippen LogP contribution in [-0.2, 0) is 6.42 Å². The van der Waals surface area contributed by atoms with Gasteiger partial charge in [-0.15, -0.1) is 6.42 Å². The van der Waals surface area contributed by atoms with Crippen molar-refractivity contribution in [1.29, 1.82) is 0 Å². The number of hydrogen-bond donors (Lipinski definition) is 0. The molecule has 1 heteroatoms. The van der Waals surface area contributed by atoms with Gasteiger partial charge in [0.05, 0.1) is 0 Å². The number of nitrogens with zero attached hydrogens (tertiary/aromatic N) is 1. The summed E-state index contributed by atoms with van der Waals surface area (Å²) in [5, 5.41) is 0. The molecule has 0 amide bonds. The van der Waals surface area contributed by atoms with Crippen molar-refractivity contribution in [2.45, 2.75) is 13.3 Å². The maximum Gasteiger partial charge on any atom is 0.116 e. The van der Waals surface area contributed by atoms with Crippen LogP contribution < -0.4 is 0 Å². The molecular weight excluding hydrogens is 122 g/mol. The smallest absolute Gasteiger partial charge is 0.116 e. The first-order valence-corrected chi connectivity index (χ1v) is 3.29. The summed E-state index contributed by atoms with van der Waals surface area (Å²) >= 11 is 0. The fourth-order valence-electron chi connectivity index (χ4n) is 0.854. The first kappa shape index (κ1) is 6.82. The average Bonchev–Trinajstić information content (AvgIpc) is 2.04. The summed E-state index contributed by atoms with van der Waals surface area (Å²) < 4.78 is 0. The van der Waals surface area contributed by atoms with Crippen LogP contribution in [0.1, 0.15) is 18.2 Å². The predicted octanol–water partition coefficient (Wildman–Crippen LogP) is 1.63. The Balaban J connectivity index is 3.12. The topological polar surface area (TPSA) is 12.9 Å². The van der Waals surface area contributed by atoms with Gasteiger partial charge in [0.2, 0.25) is 0 Å². The summed E-state index contributed by atoms with van der Waals surface area (Å²) in [5.74, 6) is 2.54. The van der Waals surface area contributed by atoms with E-state index in [1.54, 1.807) is 6.20 Å². The molecule has 0 spiro atoms. The number of terminal acetylenes is 1. The molecule has 0 aliphatic heterocycles. The van der Waals surface area contributed by atoms with E-state index in [-0.39, 0.29) is 0 Å². The van der Waals surface area contributed by atoms with Crippen LogP contribution in [0.25, 0.3) is 0 Å². The molecular formula is C9H9N. The predicted molar refractivity (Wildman–Crippen MR) is 41.6 cm³/mol. The first-order valence-electron chi connectivity index (χ1n) is 3.29. The van der Waals surface area contributed by atoms with Crippen molar-refractivity contribution in [2.75, 3.05) is 0 Å². The van der Waals surface area contributed by atoms with E-state index in [4.69, 9.17) is 6.42 Å². The third-order valence-corrected chi connectivity index (χ3v) is 1.41. The van der Waals surface area contributed by atoms with Gasteiger partial charge in [0.25, 0.3) is 0 Å². The number of hydrogen-bond acceptors (Lipinski definition) is 1. The van der Waals surface area contributed by atoms with Crippen molar-refractivity contribution in [2.24, 2.45) is 0 Å². The Bertz CT molecular complexity index is 258. The molecule has 0 aromatic carbocycles. The van der Waals surface area contributed by atoms with Gasteiger partial charge < -0.3 is 0 Å². The second kappa shape index (κ2) is 3.03. The lowest BCUT2D eigenvalue weighted by Gasteiger charge is -1.96. The van der Waals surface area contributed by atoms with E-state index in [0.29, 0.717) is 0 Å². The SMILES string of the molecule is C#Cc1ncccc1CC. The van der Waals surface area contributed by atoms with Crippen molar-refractivity contribution >= 4 is 0 Å². The number of aromatic nitrogens is 1. The number of pyridine rings is 1. The summed E-state index contributed by atoms with van der Waals surface area (Å²) in [5.41, 5.74) is 1.91. The molecule has 10 heavy (non-hydrogen) atoms. The second-order valence-electron chi connectivity index (χ2n) is 2.01. The zero-order valence-electron chi connectivity index (χ0n) is 5.96. The van der Waals surface area contributed by atoms with Crippen molar-refractivity contribution in [3.63, 3.8) is 0 Å². The van der Waals surface area contributed by atoms with Gasteiger partial charge in [0, 0.05) is 6.20 Å². The van der Waals surface area contributed by atoms with Gasteiger partial charge in [0.15, 0.2) is 0 Å². The first-order chi connectivity index (χ1) is 4.88. The fraction of sp³-hybridized carbons (Fsp3) is 0.222. The van der Waals surface area contributed by atoms with Crippen molar-refractivity contribution in [3.05, 3.63) is 29.6 Å². The van der Waals surface area contributed by atoms with Gasteiger partial charge >= 0.3 is 0 Å². The second-order valence-corrected chi connectivity index (χ2v) is 2.01. The maximum atomic E-state index is 5.21. The van der Waals surface area contributed by atoms with Crippen LogP contribution in [-0.4, -0.2) is 4.98 Å². The summed E-state index contributed by atoms with van der Waals surface area (Å²) in [7, 11) is 0.